The van der Waals surface area contributed by atoms with Crippen LogP contribution in [0, 0.1) is 5.92 Å². The van der Waals surface area contributed by atoms with Crippen molar-refractivity contribution in [3.05, 3.63) is 81.4 Å². The SMILES string of the molecule is CC(CI)Cn1c(=O)nc(N)c2c(-c3cccn3C)n(CC3=CC=CCc4ccc(Cl)cc43)nc21. The van der Waals surface area contributed by atoms with Crippen LogP contribution in [-0.4, -0.2) is 28.3 Å². The molecule has 3 aromatic heterocycles. The van der Waals surface area contributed by atoms with Gasteiger partial charge in [0.25, 0.3) is 0 Å². The number of hydrogen-bond donors (Lipinski definition) is 1. The Hall–Kier alpha value is -2.85. The molecule has 7 nitrogen and oxygen atoms in total. The monoisotopic (exact) mass is 600 g/mol. The van der Waals surface area contributed by atoms with Gasteiger partial charge >= 0.3 is 5.69 Å². The number of hydrogen-bond acceptors (Lipinski definition) is 4. The summed E-state index contributed by atoms with van der Waals surface area (Å²) >= 11 is 8.72. The van der Waals surface area contributed by atoms with Gasteiger partial charge in [0.15, 0.2) is 5.65 Å². The number of allylic oxidation sites excluding steroid dienone is 4. The van der Waals surface area contributed by atoms with Gasteiger partial charge in [0, 0.05) is 29.2 Å². The maximum absolute atomic E-state index is 12.9. The van der Waals surface area contributed by atoms with Crippen LogP contribution in [0.3, 0.4) is 0 Å². The Kier molecular flexibility index (Phi) is 6.59. The number of anilines is 1. The summed E-state index contributed by atoms with van der Waals surface area (Å²) in [5.74, 6) is 0.485. The highest BCUT2D eigenvalue weighted by molar-refractivity contribution is 14.1. The highest BCUT2D eigenvalue weighted by Gasteiger charge is 2.24. The quantitative estimate of drug-likeness (QED) is 0.247. The maximum Gasteiger partial charge on any atom is 0.351 e. The number of halogens is 2. The third kappa shape index (κ3) is 4.45. The van der Waals surface area contributed by atoms with Crippen molar-refractivity contribution in [1.82, 2.24) is 23.9 Å². The van der Waals surface area contributed by atoms with E-state index >= 15 is 0 Å². The summed E-state index contributed by atoms with van der Waals surface area (Å²) in [4.78, 5) is 17.1. The zero-order chi connectivity index (χ0) is 24.7. The van der Waals surface area contributed by atoms with E-state index in [1.165, 1.54) is 5.56 Å². The molecule has 0 bridgehead atoms. The minimum absolute atomic E-state index is 0.198. The summed E-state index contributed by atoms with van der Waals surface area (Å²) < 4.78 is 6.54. The lowest BCUT2D eigenvalue weighted by Crippen LogP contribution is -2.27. The summed E-state index contributed by atoms with van der Waals surface area (Å²) in [6, 6.07) is 10.0. The molecule has 5 rings (SSSR count). The van der Waals surface area contributed by atoms with Crippen LogP contribution in [0.5, 0.6) is 0 Å². The zero-order valence-corrected chi connectivity index (χ0v) is 22.5. The number of aryl methyl sites for hydroxylation is 1. The normalized spacial score (nSPS) is 14.1. The third-order valence-corrected chi connectivity index (χ3v) is 8.08. The first kappa shape index (κ1) is 23.9. The maximum atomic E-state index is 12.9. The molecule has 0 amide bonds. The second-order valence-corrected chi connectivity index (χ2v) is 10.3. The van der Waals surface area contributed by atoms with Crippen molar-refractivity contribution in [3.63, 3.8) is 0 Å². The number of rotatable bonds is 6. The summed E-state index contributed by atoms with van der Waals surface area (Å²) in [7, 11) is 1.99. The van der Waals surface area contributed by atoms with Crippen LogP contribution in [0.15, 0.2) is 59.6 Å². The molecule has 1 aliphatic carbocycles. The van der Waals surface area contributed by atoms with Gasteiger partial charge < -0.3 is 10.3 Å². The number of nitrogens with zero attached hydrogens (tertiary/aromatic N) is 5. The Labute approximate surface area is 222 Å². The number of nitrogens with two attached hydrogens (primary N) is 1. The van der Waals surface area contributed by atoms with E-state index in [-0.39, 0.29) is 17.4 Å². The van der Waals surface area contributed by atoms with Crippen molar-refractivity contribution in [3.8, 4) is 11.4 Å². The van der Waals surface area contributed by atoms with Crippen molar-refractivity contribution in [1.29, 1.82) is 0 Å². The average molecular weight is 601 g/mol. The average Bonchev–Trinajstić information content (AvgIpc) is 3.35. The van der Waals surface area contributed by atoms with Crippen molar-refractivity contribution in [2.24, 2.45) is 13.0 Å². The molecule has 4 aromatic rings. The first-order valence-electron chi connectivity index (χ1n) is 11.5. The van der Waals surface area contributed by atoms with Gasteiger partial charge in [-0.15, -0.1) is 0 Å². The molecule has 0 saturated carbocycles. The molecule has 1 atom stereocenters. The molecule has 180 valence electrons. The van der Waals surface area contributed by atoms with Crippen molar-refractivity contribution in [2.45, 2.75) is 26.4 Å². The summed E-state index contributed by atoms with van der Waals surface area (Å²) in [5.41, 5.74) is 11.8. The largest absolute Gasteiger partial charge is 0.383 e. The lowest BCUT2D eigenvalue weighted by molar-refractivity contribution is 0.524. The lowest BCUT2D eigenvalue weighted by atomic mass is 9.99. The fourth-order valence-electron chi connectivity index (χ4n) is 4.58. The second kappa shape index (κ2) is 9.66. The molecule has 0 radical (unpaired) electrons. The number of aromatic nitrogens is 5. The summed E-state index contributed by atoms with van der Waals surface area (Å²) in [6.45, 7) is 3.13. The molecule has 35 heavy (non-hydrogen) atoms. The summed E-state index contributed by atoms with van der Waals surface area (Å²) in [5, 5.41) is 6.38. The Morgan fingerprint density at radius 2 is 2.11 bits per heavy atom. The Morgan fingerprint density at radius 1 is 1.29 bits per heavy atom. The summed E-state index contributed by atoms with van der Waals surface area (Å²) in [6.07, 6.45) is 9.14. The van der Waals surface area contributed by atoms with Crippen LogP contribution in [-0.2, 0) is 26.6 Å². The van der Waals surface area contributed by atoms with Crippen molar-refractivity contribution in [2.75, 3.05) is 10.2 Å². The fourth-order valence-corrected chi connectivity index (χ4v) is 5.04. The Morgan fingerprint density at radius 3 is 2.86 bits per heavy atom. The molecule has 0 saturated heterocycles. The van der Waals surface area contributed by atoms with E-state index in [1.54, 1.807) is 4.57 Å². The van der Waals surface area contributed by atoms with E-state index in [0.717, 1.165) is 33.4 Å². The fraction of sp³-hybridized carbons (Fsp3) is 0.269. The molecular weight excluding hydrogens is 575 g/mol. The highest BCUT2D eigenvalue weighted by Crippen LogP contribution is 2.34. The second-order valence-electron chi connectivity index (χ2n) is 8.98. The minimum Gasteiger partial charge on any atom is -0.383 e. The topological polar surface area (TPSA) is 83.7 Å². The standard InChI is InChI=1S/C26H26ClIN6O/c1-16(13-28)14-33-25-22(24(29)30-26(33)35)23(21-8-5-11-32(21)2)34(31-25)15-18-7-4-3-6-17-9-10-19(27)12-20(17)18/h3-5,7-12,16H,6,13-15H2,1-2H3,(H2,29,30,35). The van der Waals surface area contributed by atoms with Crippen LogP contribution in [0.1, 0.15) is 18.1 Å². The van der Waals surface area contributed by atoms with Gasteiger partial charge in [-0.2, -0.15) is 10.1 Å². The van der Waals surface area contributed by atoms with E-state index in [9.17, 15) is 4.79 Å². The molecule has 1 unspecified atom stereocenters. The van der Waals surface area contributed by atoms with E-state index in [4.69, 9.17) is 22.4 Å². The van der Waals surface area contributed by atoms with Gasteiger partial charge in [-0.05, 0) is 53.3 Å². The van der Waals surface area contributed by atoms with Gasteiger partial charge in [-0.1, -0.05) is 65.4 Å². The van der Waals surface area contributed by atoms with E-state index in [1.807, 2.05) is 46.8 Å². The number of alkyl halides is 1. The van der Waals surface area contributed by atoms with Crippen LogP contribution in [0.4, 0.5) is 5.82 Å². The molecule has 0 aliphatic heterocycles. The van der Waals surface area contributed by atoms with E-state index in [2.05, 4.69) is 58.8 Å². The zero-order valence-electron chi connectivity index (χ0n) is 19.6. The Balaban J connectivity index is 1.75. The molecule has 0 fully saturated rings. The molecule has 3 heterocycles. The van der Waals surface area contributed by atoms with Crippen molar-refractivity contribution >= 4 is 56.6 Å². The highest BCUT2D eigenvalue weighted by atomic mass is 127. The number of fused-ring (bicyclic) bond motifs is 2. The molecule has 2 N–H and O–H groups in total. The predicted octanol–water partition coefficient (Wildman–Crippen LogP) is 5.10. The van der Waals surface area contributed by atoms with Gasteiger partial charge in [0.2, 0.25) is 0 Å². The Bertz CT molecular complexity index is 1540. The van der Waals surface area contributed by atoms with Gasteiger partial charge in [0.1, 0.15) is 5.82 Å². The molecule has 9 heteroatoms. The van der Waals surface area contributed by atoms with E-state index < -0.39 is 0 Å². The molecule has 1 aromatic carbocycles. The molecular formula is C26H26ClIN6O. The lowest BCUT2D eigenvalue weighted by Gasteiger charge is -2.14. The minimum atomic E-state index is -0.372. The first-order valence-corrected chi connectivity index (χ1v) is 13.4. The van der Waals surface area contributed by atoms with Gasteiger partial charge in [0.05, 0.1) is 23.3 Å². The van der Waals surface area contributed by atoms with Crippen LogP contribution >= 0.6 is 34.2 Å². The third-order valence-electron chi connectivity index (χ3n) is 6.35. The van der Waals surface area contributed by atoms with Crippen LogP contribution < -0.4 is 11.4 Å². The smallest absolute Gasteiger partial charge is 0.351 e. The molecule has 1 aliphatic rings. The predicted molar refractivity (Wildman–Crippen MR) is 151 cm³/mol. The molecule has 0 spiro atoms. The van der Waals surface area contributed by atoms with Gasteiger partial charge in [-0.3, -0.25) is 9.25 Å². The van der Waals surface area contributed by atoms with Crippen molar-refractivity contribution < 1.29 is 0 Å². The van der Waals surface area contributed by atoms with Crippen LogP contribution in [0.25, 0.3) is 28.0 Å². The number of nitrogen functional groups attached to an aromatic ring is 1. The van der Waals surface area contributed by atoms with Crippen LogP contribution in [0.2, 0.25) is 5.02 Å². The number of benzene rings is 1. The first-order chi connectivity index (χ1) is 16.9. The van der Waals surface area contributed by atoms with E-state index in [0.29, 0.717) is 29.1 Å². The van der Waals surface area contributed by atoms with Gasteiger partial charge in [-0.25, -0.2) is 4.79 Å².